The van der Waals surface area contributed by atoms with E-state index in [-0.39, 0.29) is 0 Å². The number of ether oxygens (including phenoxy) is 3. The summed E-state index contributed by atoms with van der Waals surface area (Å²) in [6.07, 6.45) is 1.57. The number of rotatable bonds is 3. The average Bonchev–Trinajstić information content (AvgIpc) is 2.52. The van der Waals surface area contributed by atoms with Crippen molar-refractivity contribution in [3.63, 3.8) is 0 Å². The molecule has 0 radical (unpaired) electrons. The minimum atomic E-state index is -2.17. The second kappa shape index (κ2) is 23.2. The maximum atomic E-state index is 7.17. The van der Waals surface area contributed by atoms with Gasteiger partial charge in [-0.2, -0.15) is 0 Å². The van der Waals surface area contributed by atoms with Gasteiger partial charge in [-0.05, 0) is 0 Å². The fraction of sp³-hybridized carbons (Fsp3) is 0.375. The van der Waals surface area contributed by atoms with E-state index >= 15 is 0 Å². The van der Waals surface area contributed by atoms with Gasteiger partial charge in [0.05, 0.1) is 0 Å². The van der Waals surface area contributed by atoms with Crippen LogP contribution in [0.3, 0.4) is 0 Å². The Bertz CT molecular complexity index is 451. The molecule has 0 amide bonds. The minimum absolute atomic E-state index is 0.553. The fourth-order valence-corrected chi connectivity index (χ4v) is 1.16. The van der Waals surface area contributed by atoms with Gasteiger partial charge in [0, 0.05) is 0 Å². The first kappa shape index (κ1) is 35.4. The third-order valence-electron chi connectivity index (χ3n) is 1.80. The predicted octanol–water partition coefficient (Wildman–Crippen LogP) is -8.31. The Morgan fingerprint density at radius 1 is 0.655 bits per heavy atom. The number of hydrogen-bond acceptors (Lipinski definition) is 16. The zero-order chi connectivity index (χ0) is 24.2. The summed E-state index contributed by atoms with van der Waals surface area (Å²) in [4.78, 5) is 4.05. The Morgan fingerprint density at radius 2 is 0.966 bits per heavy atom. The van der Waals surface area contributed by atoms with Crippen LogP contribution in [0.1, 0.15) is 0 Å². The monoisotopic (exact) mass is 423 g/mol. The SMILES string of the molecule is OB(O)O.OB(O)O.OB(O)O.OB(O)O.[Li][c]1c(OC)ncc(OC)c1OC. The molecule has 16 nitrogen and oxygen atoms in total. The molecule has 0 saturated carbocycles. The van der Waals surface area contributed by atoms with Crippen LogP contribution >= 0.6 is 0 Å². The van der Waals surface area contributed by atoms with Crippen LogP contribution in [-0.4, -0.2) is 134 Å². The molecule has 1 rings (SSSR count). The molecule has 0 spiro atoms. The van der Waals surface area contributed by atoms with Crippen LogP contribution in [0.2, 0.25) is 0 Å². The van der Waals surface area contributed by atoms with E-state index in [0.29, 0.717) is 17.4 Å². The van der Waals surface area contributed by atoms with Crippen LogP contribution in [0.4, 0.5) is 0 Å². The molecule has 12 N–H and O–H groups in total. The van der Waals surface area contributed by atoms with Crippen molar-refractivity contribution in [3.8, 4) is 17.4 Å². The molecule has 21 heteroatoms. The molecule has 0 atom stereocenters. The van der Waals surface area contributed by atoms with Gasteiger partial charge in [-0.25, -0.2) is 0 Å². The Labute approximate surface area is 176 Å². The zero-order valence-corrected chi connectivity index (χ0v) is 15.9. The molecule has 0 aromatic carbocycles. The van der Waals surface area contributed by atoms with Gasteiger partial charge in [0.2, 0.25) is 0 Å². The van der Waals surface area contributed by atoms with Crippen molar-refractivity contribution in [3.05, 3.63) is 6.20 Å². The first-order valence-corrected chi connectivity index (χ1v) is 6.96. The number of nitrogens with zero attached hydrogens (tertiary/aromatic N) is 1. The number of hydrogen-bond donors (Lipinski definition) is 12. The average molecular weight is 422 g/mol. The van der Waals surface area contributed by atoms with Crippen molar-refractivity contribution in [2.24, 2.45) is 0 Å². The topological polar surface area (TPSA) is 283 Å². The molecule has 1 aromatic heterocycles. The Hall–Kier alpha value is -1.07. The van der Waals surface area contributed by atoms with Gasteiger partial charge in [-0.1, -0.05) is 0 Å². The predicted molar refractivity (Wildman–Crippen MR) is 98.9 cm³/mol. The third kappa shape index (κ3) is 34.8. The summed E-state index contributed by atoms with van der Waals surface area (Å²) < 4.78 is 16.1. The molecule has 0 aliphatic heterocycles. The van der Waals surface area contributed by atoms with E-state index in [4.69, 9.17) is 74.5 Å². The van der Waals surface area contributed by atoms with Crippen LogP contribution in [0.5, 0.6) is 17.4 Å². The molecule has 0 bridgehead atoms. The van der Waals surface area contributed by atoms with Gasteiger partial charge in [0.15, 0.2) is 0 Å². The normalized spacial score (nSPS) is 8.03. The van der Waals surface area contributed by atoms with Crippen LogP contribution in [0, 0.1) is 0 Å². The van der Waals surface area contributed by atoms with E-state index in [0.717, 1.165) is 4.24 Å². The molecule has 29 heavy (non-hydrogen) atoms. The van der Waals surface area contributed by atoms with E-state index in [9.17, 15) is 0 Å². The quantitative estimate of drug-likeness (QED) is 0.201. The standard InChI is InChI=1S/C8H10NO3.4BH3O3.Li/c1-10-6-4-8(12-3)9-5-7(6)11-2;4*2-1(3)4;/h5H,1-3H3;4*2-4H;. The molecule has 162 valence electrons. The number of methoxy groups -OCH3 is 3. The Morgan fingerprint density at radius 3 is 1.17 bits per heavy atom. The molecular formula is C8H22B4LiNO15. The zero-order valence-electron chi connectivity index (χ0n) is 15.9. The number of aromatic nitrogens is 1. The summed E-state index contributed by atoms with van der Waals surface area (Å²) in [6.45, 7) is 0. The van der Waals surface area contributed by atoms with E-state index in [1.54, 1.807) is 27.5 Å². The van der Waals surface area contributed by atoms with Gasteiger partial charge < -0.3 is 60.3 Å². The van der Waals surface area contributed by atoms with E-state index in [1.807, 2.05) is 17.7 Å². The van der Waals surface area contributed by atoms with Gasteiger partial charge >= 0.3 is 115 Å². The first-order valence-electron chi connectivity index (χ1n) is 6.96. The molecular weight excluding hydrogens is 400 g/mol. The fourth-order valence-electron chi connectivity index (χ4n) is 1.16. The van der Waals surface area contributed by atoms with Crippen LogP contribution in [-0.2, 0) is 0 Å². The molecule has 1 aromatic rings. The summed E-state index contributed by atoms with van der Waals surface area (Å²) >= 11 is 1.87. The number of pyridine rings is 1. The van der Waals surface area contributed by atoms with Gasteiger partial charge in [-0.15, -0.1) is 0 Å². The molecule has 0 saturated heterocycles. The molecule has 0 unspecified atom stereocenters. The van der Waals surface area contributed by atoms with Crippen molar-refractivity contribution >= 4 is 51.2 Å². The molecule has 0 fully saturated rings. The first-order chi connectivity index (χ1) is 13.2. The van der Waals surface area contributed by atoms with Gasteiger partial charge in [-0.3, -0.25) is 0 Å². The van der Waals surface area contributed by atoms with Crippen LogP contribution in [0.15, 0.2) is 6.20 Å². The van der Waals surface area contributed by atoms with Crippen molar-refractivity contribution in [2.75, 3.05) is 21.3 Å². The Balaban J connectivity index is -0.000000162. The van der Waals surface area contributed by atoms with E-state index in [2.05, 4.69) is 4.98 Å². The van der Waals surface area contributed by atoms with Crippen molar-refractivity contribution in [1.82, 2.24) is 4.98 Å². The van der Waals surface area contributed by atoms with Gasteiger partial charge in [0.1, 0.15) is 0 Å². The van der Waals surface area contributed by atoms with Crippen LogP contribution < -0.4 is 18.4 Å². The summed E-state index contributed by atoms with van der Waals surface area (Å²) in [5.41, 5.74) is 0. The summed E-state index contributed by atoms with van der Waals surface area (Å²) in [7, 11) is -3.93. The van der Waals surface area contributed by atoms with Gasteiger partial charge in [0.25, 0.3) is 0 Å². The molecule has 0 aliphatic rings. The maximum absolute atomic E-state index is 7.17. The third-order valence-corrected chi connectivity index (χ3v) is 1.80. The van der Waals surface area contributed by atoms with Crippen molar-refractivity contribution in [2.45, 2.75) is 0 Å². The summed E-state index contributed by atoms with van der Waals surface area (Å²) in [5, 5.41) is 86.0. The van der Waals surface area contributed by atoms with Crippen LogP contribution in [0.25, 0.3) is 0 Å². The molecule has 1 heterocycles. The molecule has 0 aliphatic carbocycles. The summed E-state index contributed by atoms with van der Waals surface area (Å²) in [5.74, 6) is 1.83. The van der Waals surface area contributed by atoms with Crippen molar-refractivity contribution < 1.29 is 74.5 Å². The van der Waals surface area contributed by atoms with Crippen molar-refractivity contribution in [1.29, 1.82) is 0 Å². The Kier molecular flexibility index (Phi) is 28.3. The van der Waals surface area contributed by atoms with E-state index < -0.39 is 29.3 Å². The second-order valence-electron chi connectivity index (χ2n) is 3.88. The summed E-state index contributed by atoms with van der Waals surface area (Å²) in [6, 6.07) is 0. The second-order valence-corrected chi connectivity index (χ2v) is 3.88. The van der Waals surface area contributed by atoms with E-state index in [1.165, 1.54) is 0 Å².